The summed E-state index contributed by atoms with van der Waals surface area (Å²) in [6, 6.07) is 2.82. The van der Waals surface area contributed by atoms with Crippen LogP contribution in [0.4, 0.5) is 5.82 Å². The SMILES string of the molecule is CCOC(=O)c1nc(N)c(=O)n(-c2ccc(Cl)nn2)n1. The van der Waals surface area contributed by atoms with E-state index >= 15 is 0 Å². The van der Waals surface area contributed by atoms with Crippen LogP contribution in [0.25, 0.3) is 5.82 Å². The fraction of sp³-hybridized carbons (Fsp3) is 0.200. The van der Waals surface area contributed by atoms with Crippen LogP contribution in [-0.2, 0) is 4.74 Å². The van der Waals surface area contributed by atoms with Gasteiger partial charge in [0.1, 0.15) is 0 Å². The Hall–Kier alpha value is -2.55. The molecule has 0 atom stereocenters. The molecular weight excluding hydrogens is 288 g/mol. The molecule has 20 heavy (non-hydrogen) atoms. The molecule has 0 aliphatic carbocycles. The van der Waals surface area contributed by atoms with Gasteiger partial charge in [-0.1, -0.05) is 11.6 Å². The van der Waals surface area contributed by atoms with Crippen molar-refractivity contribution < 1.29 is 9.53 Å². The first kappa shape index (κ1) is 13.9. The normalized spacial score (nSPS) is 10.3. The Balaban J connectivity index is 2.55. The molecule has 0 saturated heterocycles. The summed E-state index contributed by atoms with van der Waals surface area (Å²) in [4.78, 5) is 27.0. The standard InChI is InChI=1S/C10H9ClN6O3/c1-2-20-10(19)8-13-7(12)9(18)17(16-8)6-4-3-5(11)14-15-6/h3-4H,2H2,1H3,(H2,12,13,16). The van der Waals surface area contributed by atoms with E-state index in [1.165, 1.54) is 12.1 Å². The van der Waals surface area contributed by atoms with Crippen molar-refractivity contribution in [2.24, 2.45) is 0 Å². The number of esters is 1. The summed E-state index contributed by atoms with van der Waals surface area (Å²) in [5.74, 6) is -1.49. The van der Waals surface area contributed by atoms with Gasteiger partial charge in [-0.15, -0.1) is 15.3 Å². The molecular formula is C10H9ClN6O3. The number of aromatic nitrogens is 5. The van der Waals surface area contributed by atoms with E-state index in [2.05, 4.69) is 20.3 Å². The number of rotatable bonds is 3. The van der Waals surface area contributed by atoms with Crippen LogP contribution >= 0.6 is 11.6 Å². The molecule has 0 spiro atoms. The number of hydrogen-bond donors (Lipinski definition) is 1. The molecule has 2 aromatic rings. The maximum atomic E-state index is 11.8. The van der Waals surface area contributed by atoms with Gasteiger partial charge in [-0.25, -0.2) is 4.79 Å². The summed E-state index contributed by atoms with van der Waals surface area (Å²) in [6.45, 7) is 1.77. The predicted octanol–water partition coefficient (Wildman–Crippen LogP) is -0.170. The minimum atomic E-state index is -0.796. The van der Waals surface area contributed by atoms with Crippen molar-refractivity contribution in [2.45, 2.75) is 6.92 Å². The van der Waals surface area contributed by atoms with Gasteiger partial charge < -0.3 is 10.5 Å². The lowest BCUT2D eigenvalue weighted by atomic mass is 10.5. The first-order valence-corrected chi connectivity index (χ1v) is 5.84. The number of nitrogens with zero attached hydrogens (tertiary/aromatic N) is 5. The molecule has 2 aromatic heterocycles. The molecule has 0 bridgehead atoms. The molecule has 0 radical (unpaired) electrons. The summed E-state index contributed by atoms with van der Waals surface area (Å²) >= 11 is 5.60. The molecule has 10 heteroatoms. The predicted molar refractivity (Wildman–Crippen MR) is 68.6 cm³/mol. The number of nitrogen functional groups attached to an aromatic ring is 1. The van der Waals surface area contributed by atoms with Crippen LogP contribution in [0.15, 0.2) is 16.9 Å². The van der Waals surface area contributed by atoms with Crippen molar-refractivity contribution in [3.8, 4) is 5.82 Å². The van der Waals surface area contributed by atoms with E-state index < -0.39 is 17.3 Å². The van der Waals surface area contributed by atoms with Gasteiger partial charge in [0.15, 0.2) is 16.8 Å². The Labute approximate surface area is 117 Å². The molecule has 0 aliphatic rings. The van der Waals surface area contributed by atoms with Crippen molar-refractivity contribution in [3.63, 3.8) is 0 Å². The topological polar surface area (TPSA) is 126 Å². The second-order valence-corrected chi connectivity index (χ2v) is 3.86. The maximum Gasteiger partial charge on any atom is 0.378 e. The van der Waals surface area contributed by atoms with Crippen LogP contribution in [-0.4, -0.2) is 37.5 Å². The third-order valence-electron chi connectivity index (χ3n) is 2.13. The third-order valence-corrected chi connectivity index (χ3v) is 2.33. The van der Waals surface area contributed by atoms with E-state index in [1.807, 2.05) is 0 Å². The molecule has 2 heterocycles. The number of halogens is 1. The average molecular weight is 297 g/mol. The van der Waals surface area contributed by atoms with Crippen LogP contribution < -0.4 is 11.3 Å². The second kappa shape index (κ2) is 5.61. The number of carbonyl (C=O) groups excluding carboxylic acids is 1. The Bertz CT molecular complexity index is 699. The number of carbonyl (C=O) groups is 1. The lowest BCUT2D eigenvalue weighted by Gasteiger charge is -2.06. The number of anilines is 1. The van der Waals surface area contributed by atoms with E-state index in [0.29, 0.717) is 0 Å². The minimum Gasteiger partial charge on any atom is -0.460 e. The highest BCUT2D eigenvalue weighted by molar-refractivity contribution is 6.29. The van der Waals surface area contributed by atoms with E-state index in [9.17, 15) is 9.59 Å². The molecule has 0 amide bonds. The van der Waals surface area contributed by atoms with Crippen LogP contribution in [0.5, 0.6) is 0 Å². The van der Waals surface area contributed by atoms with Crippen molar-refractivity contribution in [1.82, 2.24) is 25.0 Å². The monoisotopic (exact) mass is 296 g/mol. The summed E-state index contributed by atoms with van der Waals surface area (Å²) in [5.41, 5.74) is 4.73. The molecule has 2 N–H and O–H groups in total. The Morgan fingerprint density at radius 1 is 1.45 bits per heavy atom. The third kappa shape index (κ3) is 2.72. The van der Waals surface area contributed by atoms with Crippen molar-refractivity contribution in [2.75, 3.05) is 12.3 Å². The number of ether oxygens (including phenoxy) is 1. The molecule has 9 nitrogen and oxygen atoms in total. The Morgan fingerprint density at radius 2 is 2.20 bits per heavy atom. The number of hydrogen-bond acceptors (Lipinski definition) is 8. The lowest BCUT2D eigenvalue weighted by Crippen LogP contribution is -2.29. The Kier molecular flexibility index (Phi) is 3.89. The maximum absolute atomic E-state index is 11.8. The lowest BCUT2D eigenvalue weighted by molar-refractivity contribution is 0.0509. The van der Waals surface area contributed by atoms with E-state index in [4.69, 9.17) is 22.1 Å². The second-order valence-electron chi connectivity index (χ2n) is 3.47. The van der Waals surface area contributed by atoms with Crippen LogP contribution in [0.3, 0.4) is 0 Å². The fourth-order valence-corrected chi connectivity index (χ4v) is 1.39. The van der Waals surface area contributed by atoms with E-state index in [0.717, 1.165) is 4.68 Å². The quantitative estimate of drug-likeness (QED) is 0.774. The molecule has 0 fully saturated rings. The van der Waals surface area contributed by atoms with E-state index in [1.54, 1.807) is 6.92 Å². The summed E-state index contributed by atoms with van der Waals surface area (Å²) < 4.78 is 5.54. The van der Waals surface area contributed by atoms with Crippen LogP contribution in [0.2, 0.25) is 5.15 Å². The smallest absolute Gasteiger partial charge is 0.378 e. The van der Waals surface area contributed by atoms with Crippen molar-refractivity contribution in [3.05, 3.63) is 33.5 Å². The highest BCUT2D eigenvalue weighted by Gasteiger charge is 2.17. The highest BCUT2D eigenvalue weighted by atomic mass is 35.5. The van der Waals surface area contributed by atoms with Gasteiger partial charge in [0.2, 0.25) is 0 Å². The van der Waals surface area contributed by atoms with Gasteiger partial charge in [0, 0.05) is 0 Å². The van der Waals surface area contributed by atoms with Gasteiger partial charge >= 0.3 is 11.5 Å². The van der Waals surface area contributed by atoms with Gasteiger partial charge in [0.25, 0.3) is 5.82 Å². The van der Waals surface area contributed by atoms with Crippen molar-refractivity contribution >= 4 is 23.4 Å². The molecule has 0 aromatic carbocycles. The fourth-order valence-electron chi connectivity index (χ4n) is 1.29. The molecule has 0 unspecified atom stereocenters. The molecule has 104 valence electrons. The van der Waals surface area contributed by atoms with Crippen molar-refractivity contribution in [1.29, 1.82) is 0 Å². The zero-order valence-electron chi connectivity index (χ0n) is 10.3. The van der Waals surface area contributed by atoms with Gasteiger partial charge in [-0.05, 0) is 19.1 Å². The molecule has 0 aliphatic heterocycles. The zero-order chi connectivity index (χ0) is 14.7. The first-order valence-electron chi connectivity index (χ1n) is 5.46. The largest absolute Gasteiger partial charge is 0.460 e. The molecule has 0 saturated carbocycles. The minimum absolute atomic E-state index is 0.0547. The summed E-state index contributed by atoms with van der Waals surface area (Å²) in [7, 11) is 0. The molecule has 2 rings (SSSR count). The first-order chi connectivity index (χ1) is 9.52. The van der Waals surface area contributed by atoms with E-state index in [-0.39, 0.29) is 23.4 Å². The van der Waals surface area contributed by atoms with Crippen LogP contribution in [0, 0.1) is 0 Å². The zero-order valence-corrected chi connectivity index (χ0v) is 11.0. The van der Waals surface area contributed by atoms with Crippen LogP contribution in [0.1, 0.15) is 17.5 Å². The van der Waals surface area contributed by atoms with Gasteiger partial charge in [-0.3, -0.25) is 4.79 Å². The van der Waals surface area contributed by atoms with Gasteiger partial charge in [0.05, 0.1) is 6.61 Å². The van der Waals surface area contributed by atoms with Gasteiger partial charge in [-0.2, -0.15) is 9.67 Å². The average Bonchev–Trinajstić information content (AvgIpc) is 2.43. The highest BCUT2D eigenvalue weighted by Crippen LogP contribution is 2.05. The Morgan fingerprint density at radius 3 is 2.80 bits per heavy atom. The number of nitrogens with two attached hydrogens (primary N) is 1. The summed E-state index contributed by atoms with van der Waals surface area (Å²) in [6.07, 6.45) is 0. The summed E-state index contributed by atoms with van der Waals surface area (Å²) in [5, 5.41) is 11.1.